The van der Waals surface area contributed by atoms with Crippen LogP contribution in [0.4, 0.5) is 4.39 Å². The first kappa shape index (κ1) is 18.8. The fraction of sp³-hybridized carbons (Fsp3) is 0.389. The number of carbonyl (C=O) groups excluding carboxylic acids is 1. The number of ether oxygens (including phenoxy) is 1. The maximum atomic E-state index is 13.8. The van der Waals surface area contributed by atoms with Gasteiger partial charge in [-0.1, -0.05) is 0 Å². The van der Waals surface area contributed by atoms with Gasteiger partial charge >= 0.3 is 5.69 Å². The van der Waals surface area contributed by atoms with E-state index in [1.807, 2.05) is 0 Å². The summed E-state index contributed by atoms with van der Waals surface area (Å²) in [5.74, 6) is -0.606. The highest BCUT2D eigenvalue weighted by Crippen LogP contribution is 2.41. The number of benzene rings is 1. The van der Waals surface area contributed by atoms with E-state index in [0.717, 1.165) is 0 Å². The third-order valence-electron chi connectivity index (χ3n) is 4.71. The molecular formula is C18H20FN3O5. The highest BCUT2D eigenvalue weighted by atomic mass is 19.1. The van der Waals surface area contributed by atoms with Gasteiger partial charge in [-0.3, -0.25) is 14.6 Å². The molecule has 0 aliphatic heterocycles. The van der Waals surface area contributed by atoms with Gasteiger partial charge in [0, 0.05) is 17.3 Å². The molecule has 0 spiro atoms. The molecule has 4 N–H and O–H groups in total. The van der Waals surface area contributed by atoms with Gasteiger partial charge in [0.1, 0.15) is 11.6 Å². The van der Waals surface area contributed by atoms with Gasteiger partial charge in [0.25, 0.3) is 5.56 Å². The standard InChI is InChI=1S/C18H20FN3O5/c1-27-14-3-2-11(19)7-13(14)16(9-4-12(23)5-9)21-15(24)6-10-8-20-18(26)22-17(10)25/h2-3,7-9,12,16,23H,4-6H2,1H3,(H,21,24)(H2,20,22,25,26)/t9?,12?,16-/m0/s1. The van der Waals surface area contributed by atoms with E-state index in [-0.39, 0.29) is 17.9 Å². The summed E-state index contributed by atoms with van der Waals surface area (Å²) >= 11 is 0. The average Bonchev–Trinajstić information content (AvgIpc) is 2.59. The molecule has 1 fully saturated rings. The molecule has 9 heteroatoms. The van der Waals surface area contributed by atoms with Crippen LogP contribution in [0, 0.1) is 11.7 Å². The summed E-state index contributed by atoms with van der Waals surface area (Å²) in [7, 11) is 1.45. The second-order valence-corrected chi connectivity index (χ2v) is 6.59. The van der Waals surface area contributed by atoms with Gasteiger partial charge in [0.05, 0.1) is 25.7 Å². The van der Waals surface area contributed by atoms with Gasteiger partial charge in [0.2, 0.25) is 5.91 Å². The Morgan fingerprint density at radius 1 is 1.41 bits per heavy atom. The van der Waals surface area contributed by atoms with Crippen molar-refractivity contribution in [1.82, 2.24) is 15.3 Å². The van der Waals surface area contributed by atoms with E-state index in [1.54, 1.807) is 0 Å². The van der Waals surface area contributed by atoms with Crippen molar-refractivity contribution in [3.8, 4) is 5.75 Å². The quantitative estimate of drug-likeness (QED) is 0.579. The summed E-state index contributed by atoms with van der Waals surface area (Å²) in [5, 5.41) is 12.4. The smallest absolute Gasteiger partial charge is 0.325 e. The number of amides is 1. The first-order valence-electron chi connectivity index (χ1n) is 8.49. The van der Waals surface area contributed by atoms with Crippen molar-refractivity contribution in [3.05, 3.63) is 62.2 Å². The van der Waals surface area contributed by atoms with E-state index in [9.17, 15) is 23.9 Å². The number of methoxy groups -OCH3 is 1. The monoisotopic (exact) mass is 377 g/mol. The predicted molar refractivity (Wildman–Crippen MR) is 94.0 cm³/mol. The molecule has 1 atom stereocenters. The van der Waals surface area contributed by atoms with Crippen molar-refractivity contribution in [2.24, 2.45) is 5.92 Å². The Balaban J connectivity index is 1.84. The number of aromatic nitrogens is 2. The summed E-state index contributed by atoms with van der Waals surface area (Å²) < 4.78 is 19.1. The topological polar surface area (TPSA) is 124 Å². The molecule has 144 valence electrons. The van der Waals surface area contributed by atoms with Crippen LogP contribution in [0.3, 0.4) is 0 Å². The zero-order valence-corrected chi connectivity index (χ0v) is 14.6. The number of hydrogen-bond acceptors (Lipinski definition) is 5. The third kappa shape index (κ3) is 4.25. The molecule has 1 aromatic heterocycles. The van der Waals surface area contributed by atoms with Crippen molar-refractivity contribution < 1.29 is 19.0 Å². The van der Waals surface area contributed by atoms with E-state index in [1.165, 1.54) is 31.5 Å². The maximum Gasteiger partial charge on any atom is 0.325 e. The van der Waals surface area contributed by atoms with Gasteiger partial charge in [-0.2, -0.15) is 0 Å². The normalized spacial score (nSPS) is 19.8. The molecule has 2 aromatic rings. The van der Waals surface area contributed by atoms with Gasteiger partial charge in [-0.05, 0) is 37.0 Å². The van der Waals surface area contributed by atoms with Crippen molar-refractivity contribution in [1.29, 1.82) is 0 Å². The Labute approximate surface area is 153 Å². The van der Waals surface area contributed by atoms with E-state index in [4.69, 9.17) is 4.74 Å². The van der Waals surface area contributed by atoms with Crippen LogP contribution in [0.2, 0.25) is 0 Å². The Bertz CT molecular complexity index is 948. The minimum Gasteiger partial charge on any atom is -0.496 e. The average molecular weight is 377 g/mol. The minimum absolute atomic E-state index is 0.0893. The fourth-order valence-electron chi connectivity index (χ4n) is 3.27. The number of halogens is 1. The largest absolute Gasteiger partial charge is 0.496 e. The summed E-state index contributed by atoms with van der Waals surface area (Å²) in [5.41, 5.74) is -0.730. The maximum absolute atomic E-state index is 13.8. The minimum atomic E-state index is -0.657. The number of aromatic amines is 2. The Kier molecular flexibility index (Phi) is 5.41. The molecule has 1 saturated carbocycles. The van der Waals surface area contributed by atoms with Crippen LogP contribution in [-0.2, 0) is 11.2 Å². The molecule has 8 nitrogen and oxygen atoms in total. The molecule has 0 radical (unpaired) electrons. The Morgan fingerprint density at radius 3 is 2.78 bits per heavy atom. The molecule has 27 heavy (non-hydrogen) atoms. The molecule has 1 heterocycles. The molecule has 1 aliphatic carbocycles. The van der Waals surface area contributed by atoms with Crippen molar-refractivity contribution in [3.63, 3.8) is 0 Å². The van der Waals surface area contributed by atoms with Crippen LogP contribution in [-0.4, -0.2) is 34.2 Å². The van der Waals surface area contributed by atoms with Crippen LogP contribution in [0.5, 0.6) is 5.75 Å². The molecule has 1 amide bonds. The number of hydrogen-bond donors (Lipinski definition) is 4. The van der Waals surface area contributed by atoms with Crippen LogP contribution in [0.15, 0.2) is 34.0 Å². The lowest BCUT2D eigenvalue weighted by Gasteiger charge is -2.38. The SMILES string of the molecule is COc1ccc(F)cc1[C@@H](NC(=O)Cc1c[nH]c(=O)[nH]c1=O)C1CC(O)C1. The zero-order valence-electron chi connectivity index (χ0n) is 14.6. The number of H-pyrrole nitrogens is 2. The fourth-order valence-corrected chi connectivity index (χ4v) is 3.27. The van der Waals surface area contributed by atoms with Crippen molar-refractivity contribution >= 4 is 5.91 Å². The van der Waals surface area contributed by atoms with Crippen LogP contribution >= 0.6 is 0 Å². The van der Waals surface area contributed by atoms with Crippen LogP contribution in [0.1, 0.15) is 30.0 Å². The molecule has 3 rings (SSSR count). The second kappa shape index (κ2) is 7.75. The molecule has 0 unspecified atom stereocenters. The lowest BCUT2D eigenvalue weighted by atomic mass is 9.74. The lowest BCUT2D eigenvalue weighted by molar-refractivity contribution is -0.122. The van der Waals surface area contributed by atoms with Crippen LogP contribution < -0.4 is 21.3 Å². The van der Waals surface area contributed by atoms with Gasteiger partial charge in [0.15, 0.2) is 0 Å². The first-order chi connectivity index (χ1) is 12.9. The highest BCUT2D eigenvalue weighted by Gasteiger charge is 2.37. The molecular weight excluding hydrogens is 357 g/mol. The molecule has 0 bridgehead atoms. The summed E-state index contributed by atoms with van der Waals surface area (Å²) in [6.45, 7) is 0. The third-order valence-corrected chi connectivity index (χ3v) is 4.71. The number of nitrogens with one attached hydrogen (secondary N) is 3. The van der Waals surface area contributed by atoms with E-state index < -0.39 is 35.1 Å². The van der Waals surface area contributed by atoms with E-state index in [2.05, 4.69) is 15.3 Å². The number of rotatable bonds is 6. The summed E-state index contributed by atoms with van der Waals surface area (Å²) in [6, 6.07) is 3.46. The summed E-state index contributed by atoms with van der Waals surface area (Å²) in [4.78, 5) is 39.7. The van der Waals surface area contributed by atoms with Gasteiger partial charge in [-0.15, -0.1) is 0 Å². The molecule has 0 saturated heterocycles. The summed E-state index contributed by atoms with van der Waals surface area (Å²) in [6.07, 6.45) is 1.39. The number of carbonyl (C=O) groups is 1. The molecule has 1 aromatic carbocycles. The van der Waals surface area contributed by atoms with E-state index in [0.29, 0.717) is 24.2 Å². The van der Waals surface area contributed by atoms with Crippen molar-refractivity contribution in [2.45, 2.75) is 31.4 Å². The van der Waals surface area contributed by atoms with Gasteiger partial charge < -0.3 is 20.1 Å². The number of aliphatic hydroxyl groups is 1. The number of aliphatic hydroxyl groups excluding tert-OH is 1. The molecule has 1 aliphatic rings. The van der Waals surface area contributed by atoms with Crippen molar-refractivity contribution in [2.75, 3.05) is 7.11 Å². The Morgan fingerprint density at radius 2 is 2.15 bits per heavy atom. The highest BCUT2D eigenvalue weighted by molar-refractivity contribution is 5.79. The van der Waals surface area contributed by atoms with Crippen LogP contribution in [0.25, 0.3) is 0 Å². The second-order valence-electron chi connectivity index (χ2n) is 6.59. The Hall–Kier alpha value is -2.94. The lowest BCUT2D eigenvalue weighted by Crippen LogP contribution is -2.42. The van der Waals surface area contributed by atoms with Gasteiger partial charge in [-0.25, -0.2) is 9.18 Å². The zero-order chi connectivity index (χ0) is 19.6. The first-order valence-corrected chi connectivity index (χ1v) is 8.49. The predicted octanol–water partition coefficient (Wildman–Crippen LogP) is 0.382. The van der Waals surface area contributed by atoms with E-state index >= 15 is 0 Å².